The van der Waals surface area contributed by atoms with Crippen molar-refractivity contribution in [1.29, 1.82) is 0 Å². The van der Waals surface area contributed by atoms with E-state index in [0.29, 0.717) is 11.8 Å². The summed E-state index contributed by atoms with van der Waals surface area (Å²) in [5, 5.41) is 0. The lowest BCUT2D eigenvalue weighted by molar-refractivity contribution is 0.112. The molecule has 0 radical (unpaired) electrons. The molecule has 1 aromatic carbocycles. The first kappa shape index (κ1) is 10.3. The van der Waals surface area contributed by atoms with E-state index in [2.05, 4.69) is 4.98 Å². The van der Waals surface area contributed by atoms with Gasteiger partial charge in [-0.25, -0.2) is 4.39 Å². The van der Waals surface area contributed by atoms with Crippen LogP contribution in [0.15, 0.2) is 41.3 Å². The van der Waals surface area contributed by atoms with Crippen molar-refractivity contribution in [2.75, 3.05) is 0 Å². The first-order valence-corrected chi connectivity index (χ1v) is 4.65. The van der Waals surface area contributed by atoms with Crippen molar-refractivity contribution in [3.8, 4) is 11.1 Å². The van der Waals surface area contributed by atoms with E-state index in [9.17, 15) is 14.0 Å². The third-order valence-corrected chi connectivity index (χ3v) is 2.23. The SMILES string of the molecule is O=Cc1c[nH]c(=O)c(-c2ccccc2F)c1. The summed E-state index contributed by atoms with van der Waals surface area (Å²) in [6.07, 6.45) is 1.89. The average molecular weight is 217 g/mol. The Morgan fingerprint density at radius 2 is 1.94 bits per heavy atom. The summed E-state index contributed by atoms with van der Waals surface area (Å²) in [5.41, 5.74) is 0.226. The van der Waals surface area contributed by atoms with Gasteiger partial charge in [-0.15, -0.1) is 0 Å². The lowest BCUT2D eigenvalue weighted by atomic mass is 10.1. The van der Waals surface area contributed by atoms with Crippen LogP contribution in [0.25, 0.3) is 11.1 Å². The normalized spacial score (nSPS) is 10.1. The Morgan fingerprint density at radius 3 is 2.62 bits per heavy atom. The van der Waals surface area contributed by atoms with Gasteiger partial charge in [-0.2, -0.15) is 0 Å². The van der Waals surface area contributed by atoms with Crippen LogP contribution >= 0.6 is 0 Å². The first-order chi connectivity index (χ1) is 7.72. The Balaban J connectivity index is 2.68. The Bertz CT molecular complexity index is 590. The topological polar surface area (TPSA) is 49.9 Å². The number of benzene rings is 1. The Kier molecular flexibility index (Phi) is 2.64. The van der Waals surface area contributed by atoms with Gasteiger partial charge in [0.2, 0.25) is 0 Å². The fourth-order valence-corrected chi connectivity index (χ4v) is 1.45. The number of halogens is 1. The van der Waals surface area contributed by atoms with Crippen molar-refractivity contribution < 1.29 is 9.18 Å². The quantitative estimate of drug-likeness (QED) is 0.782. The molecule has 0 atom stereocenters. The fraction of sp³-hybridized carbons (Fsp3) is 0. The summed E-state index contributed by atoms with van der Waals surface area (Å²) in [4.78, 5) is 24.5. The summed E-state index contributed by atoms with van der Waals surface area (Å²) in [6.45, 7) is 0. The summed E-state index contributed by atoms with van der Waals surface area (Å²) in [6, 6.07) is 7.29. The number of pyridine rings is 1. The molecular formula is C12H8FNO2. The Hall–Kier alpha value is -2.23. The molecule has 1 N–H and O–H groups in total. The van der Waals surface area contributed by atoms with Crippen LogP contribution in [-0.2, 0) is 0 Å². The molecule has 4 heteroatoms. The number of nitrogens with one attached hydrogen (secondary N) is 1. The van der Waals surface area contributed by atoms with Gasteiger partial charge in [0.1, 0.15) is 5.82 Å². The molecule has 0 spiro atoms. The number of H-pyrrole nitrogens is 1. The number of hydrogen-bond acceptors (Lipinski definition) is 2. The number of aromatic amines is 1. The number of carbonyl (C=O) groups is 1. The van der Waals surface area contributed by atoms with Crippen molar-refractivity contribution in [3.63, 3.8) is 0 Å². The molecule has 0 aliphatic carbocycles. The molecule has 0 fully saturated rings. The molecule has 0 saturated carbocycles. The third kappa shape index (κ3) is 1.77. The molecule has 80 valence electrons. The van der Waals surface area contributed by atoms with E-state index in [4.69, 9.17) is 0 Å². The molecule has 0 aliphatic heterocycles. The van der Waals surface area contributed by atoms with Crippen LogP contribution in [0.5, 0.6) is 0 Å². The highest BCUT2D eigenvalue weighted by molar-refractivity contribution is 5.77. The van der Waals surface area contributed by atoms with Crippen molar-refractivity contribution in [2.24, 2.45) is 0 Å². The average Bonchev–Trinajstić information content (AvgIpc) is 2.31. The Morgan fingerprint density at radius 1 is 1.19 bits per heavy atom. The minimum Gasteiger partial charge on any atom is -0.328 e. The van der Waals surface area contributed by atoms with E-state index >= 15 is 0 Å². The molecule has 2 rings (SSSR count). The van der Waals surface area contributed by atoms with Crippen molar-refractivity contribution in [1.82, 2.24) is 4.98 Å². The van der Waals surface area contributed by atoms with Crippen molar-refractivity contribution in [2.45, 2.75) is 0 Å². The van der Waals surface area contributed by atoms with Crippen LogP contribution in [0.1, 0.15) is 10.4 Å². The second kappa shape index (κ2) is 4.10. The molecule has 0 bridgehead atoms. The Labute approximate surface area is 90.6 Å². The van der Waals surface area contributed by atoms with Gasteiger partial charge in [0.25, 0.3) is 5.56 Å². The van der Waals surface area contributed by atoms with E-state index < -0.39 is 11.4 Å². The second-order valence-electron chi connectivity index (χ2n) is 3.27. The van der Waals surface area contributed by atoms with Gasteiger partial charge >= 0.3 is 0 Å². The van der Waals surface area contributed by atoms with E-state index in [0.717, 1.165) is 0 Å². The molecule has 1 aromatic heterocycles. The summed E-state index contributed by atoms with van der Waals surface area (Å²) in [5.74, 6) is -0.490. The minimum absolute atomic E-state index is 0.155. The van der Waals surface area contributed by atoms with Gasteiger partial charge in [-0.1, -0.05) is 18.2 Å². The maximum absolute atomic E-state index is 13.4. The second-order valence-corrected chi connectivity index (χ2v) is 3.27. The maximum Gasteiger partial charge on any atom is 0.255 e. The standard InChI is InChI=1S/C12H8FNO2/c13-11-4-2-1-3-9(11)10-5-8(7-15)6-14-12(10)16/h1-7H,(H,14,16). The molecule has 3 nitrogen and oxygen atoms in total. The largest absolute Gasteiger partial charge is 0.328 e. The van der Waals surface area contributed by atoms with Gasteiger partial charge in [-0.3, -0.25) is 9.59 Å². The number of hydrogen-bond donors (Lipinski definition) is 1. The zero-order valence-corrected chi connectivity index (χ0v) is 8.24. The number of aldehydes is 1. The van der Waals surface area contributed by atoms with Crippen LogP contribution in [0.4, 0.5) is 4.39 Å². The van der Waals surface area contributed by atoms with E-state index in [-0.39, 0.29) is 11.1 Å². The molecule has 0 unspecified atom stereocenters. The van der Waals surface area contributed by atoms with E-state index in [1.165, 1.54) is 30.5 Å². The van der Waals surface area contributed by atoms with Crippen LogP contribution in [0, 0.1) is 5.82 Å². The summed E-state index contributed by atoms with van der Waals surface area (Å²) in [7, 11) is 0. The number of carbonyl (C=O) groups excluding carboxylic acids is 1. The van der Waals surface area contributed by atoms with Crippen LogP contribution in [0.2, 0.25) is 0 Å². The molecule has 0 saturated heterocycles. The first-order valence-electron chi connectivity index (χ1n) is 4.65. The minimum atomic E-state index is -0.490. The molecule has 16 heavy (non-hydrogen) atoms. The highest BCUT2D eigenvalue weighted by Crippen LogP contribution is 2.18. The number of rotatable bonds is 2. The van der Waals surface area contributed by atoms with Gasteiger partial charge in [0.15, 0.2) is 6.29 Å². The van der Waals surface area contributed by atoms with Gasteiger partial charge < -0.3 is 4.98 Å². The zero-order valence-electron chi connectivity index (χ0n) is 8.24. The molecule has 1 heterocycles. The third-order valence-electron chi connectivity index (χ3n) is 2.23. The molecule has 2 aromatic rings. The summed E-state index contributed by atoms with van der Waals surface area (Å²) >= 11 is 0. The fourth-order valence-electron chi connectivity index (χ4n) is 1.45. The van der Waals surface area contributed by atoms with Crippen LogP contribution < -0.4 is 5.56 Å². The van der Waals surface area contributed by atoms with Crippen LogP contribution in [-0.4, -0.2) is 11.3 Å². The predicted molar refractivity (Wildman–Crippen MR) is 57.8 cm³/mol. The zero-order chi connectivity index (χ0) is 11.5. The maximum atomic E-state index is 13.4. The highest BCUT2D eigenvalue weighted by atomic mass is 19.1. The molecule has 0 amide bonds. The van der Waals surface area contributed by atoms with Gasteiger partial charge in [-0.05, 0) is 12.1 Å². The monoisotopic (exact) mass is 217 g/mol. The van der Waals surface area contributed by atoms with Gasteiger partial charge in [0.05, 0.1) is 5.56 Å². The van der Waals surface area contributed by atoms with Gasteiger partial charge in [0, 0.05) is 17.3 Å². The lowest BCUT2D eigenvalue weighted by Gasteiger charge is -2.02. The number of aromatic nitrogens is 1. The van der Waals surface area contributed by atoms with Crippen molar-refractivity contribution >= 4 is 6.29 Å². The summed E-state index contributed by atoms with van der Waals surface area (Å²) < 4.78 is 13.4. The van der Waals surface area contributed by atoms with Crippen molar-refractivity contribution in [3.05, 3.63) is 58.3 Å². The van der Waals surface area contributed by atoms with E-state index in [1.807, 2.05) is 0 Å². The predicted octanol–water partition coefficient (Wildman–Crippen LogP) is 1.99. The smallest absolute Gasteiger partial charge is 0.255 e. The van der Waals surface area contributed by atoms with Crippen LogP contribution in [0.3, 0.4) is 0 Å². The highest BCUT2D eigenvalue weighted by Gasteiger charge is 2.08. The molecule has 0 aliphatic rings. The molecular weight excluding hydrogens is 209 g/mol. The lowest BCUT2D eigenvalue weighted by Crippen LogP contribution is -2.09. The van der Waals surface area contributed by atoms with E-state index in [1.54, 1.807) is 6.07 Å².